The fourth-order valence-electron chi connectivity index (χ4n) is 7.08. The van der Waals surface area contributed by atoms with Gasteiger partial charge in [0, 0.05) is 22.3 Å². The van der Waals surface area contributed by atoms with Crippen LogP contribution in [-0.2, 0) is 13.1 Å². The summed E-state index contributed by atoms with van der Waals surface area (Å²) in [5.74, 6) is -0.494. The Morgan fingerprint density at radius 3 is 1.10 bits per heavy atom. The second-order valence-electron chi connectivity index (χ2n) is 11.8. The standard InChI is InChI=1S/C40H28N2O6/c1-47-35-25(21-41-37(43)29-15-7-8-16-30(29)38(41)44)19-23-11-3-5-13-27(23)33(35)34-28-14-6-4-12-24(28)20-26(36(34)48-2)22-42-39(45)31-17-9-10-18-32(31)40(42)46/h3-20H,21-22H2,1-2H3. The van der Waals surface area contributed by atoms with Crippen molar-refractivity contribution in [2.45, 2.75) is 13.1 Å². The minimum Gasteiger partial charge on any atom is -0.496 e. The van der Waals surface area contributed by atoms with Gasteiger partial charge in [0.25, 0.3) is 23.6 Å². The fraction of sp³-hybridized carbons (Fsp3) is 0.100. The second kappa shape index (κ2) is 11.2. The number of benzene rings is 6. The third kappa shape index (κ3) is 4.30. The van der Waals surface area contributed by atoms with Crippen LogP contribution in [0.3, 0.4) is 0 Å². The lowest BCUT2D eigenvalue weighted by atomic mass is 9.88. The first-order valence-corrected chi connectivity index (χ1v) is 15.5. The van der Waals surface area contributed by atoms with E-state index in [2.05, 4.69) is 0 Å². The Kier molecular flexibility index (Phi) is 6.80. The van der Waals surface area contributed by atoms with Gasteiger partial charge in [-0.1, -0.05) is 72.8 Å². The molecule has 0 radical (unpaired) electrons. The van der Waals surface area contributed by atoms with Crippen molar-refractivity contribution in [1.82, 2.24) is 9.80 Å². The predicted molar refractivity (Wildman–Crippen MR) is 181 cm³/mol. The third-order valence-electron chi connectivity index (χ3n) is 9.23. The van der Waals surface area contributed by atoms with Crippen molar-refractivity contribution in [1.29, 1.82) is 0 Å². The molecule has 6 aromatic carbocycles. The van der Waals surface area contributed by atoms with E-state index in [0.717, 1.165) is 21.5 Å². The van der Waals surface area contributed by atoms with E-state index in [1.807, 2.05) is 60.7 Å². The zero-order valence-electron chi connectivity index (χ0n) is 26.2. The van der Waals surface area contributed by atoms with Gasteiger partial charge < -0.3 is 9.47 Å². The van der Waals surface area contributed by atoms with Gasteiger partial charge >= 0.3 is 0 Å². The summed E-state index contributed by atoms with van der Waals surface area (Å²) in [7, 11) is 3.13. The average molecular weight is 633 g/mol. The van der Waals surface area contributed by atoms with Crippen LogP contribution in [0.25, 0.3) is 32.7 Å². The first-order valence-electron chi connectivity index (χ1n) is 15.5. The van der Waals surface area contributed by atoms with E-state index in [0.29, 0.717) is 56.0 Å². The van der Waals surface area contributed by atoms with E-state index < -0.39 is 0 Å². The van der Waals surface area contributed by atoms with Gasteiger partial charge in [0.15, 0.2) is 0 Å². The lowest BCUT2D eigenvalue weighted by Crippen LogP contribution is -2.29. The quantitative estimate of drug-likeness (QED) is 0.172. The van der Waals surface area contributed by atoms with E-state index in [9.17, 15) is 19.2 Å². The SMILES string of the molecule is COc1c(CN2C(=O)c3ccccc3C2=O)cc2ccccc2c1-c1c(OC)c(CN2C(=O)c3ccccc3C2=O)cc2ccccc12. The van der Waals surface area contributed by atoms with Crippen molar-refractivity contribution in [3.8, 4) is 22.6 Å². The molecule has 48 heavy (non-hydrogen) atoms. The topological polar surface area (TPSA) is 93.2 Å². The molecule has 2 heterocycles. The molecular weight excluding hydrogens is 604 g/mol. The lowest BCUT2D eigenvalue weighted by Gasteiger charge is -2.24. The summed E-state index contributed by atoms with van der Waals surface area (Å²) in [6, 6.07) is 33.2. The molecule has 0 aliphatic carbocycles. The Morgan fingerprint density at radius 2 is 0.771 bits per heavy atom. The smallest absolute Gasteiger partial charge is 0.261 e. The molecule has 8 heteroatoms. The number of imide groups is 2. The monoisotopic (exact) mass is 632 g/mol. The van der Waals surface area contributed by atoms with E-state index in [1.54, 1.807) is 62.8 Å². The number of fused-ring (bicyclic) bond motifs is 4. The second-order valence-corrected chi connectivity index (χ2v) is 11.8. The van der Waals surface area contributed by atoms with Crippen LogP contribution in [0.5, 0.6) is 11.5 Å². The summed E-state index contributed by atoms with van der Waals surface area (Å²) in [5, 5.41) is 3.47. The van der Waals surface area contributed by atoms with E-state index in [-0.39, 0.29) is 36.7 Å². The molecule has 0 bridgehead atoms. The van der Waals surface area contributed by atoms with E-state index in [1.165, 1.54) is 9.80 Å². The van der Waals surface area contributed by atoms with Crippen molar-refractivity contribution in [3.63, 3.8) is 0 Å². The Morgan fingerprint density at radius 1 is 0.458 bits per heavy atom. The predicted octanol–water partition coefficient (Wildman–Crippen LogP) is 7.27. The summed E-state index contributed by atoms with van der Waals surface area (Å²) in [6.45, 7) is -0.0231. The number of methoxy groups -OCH3 is 2. The van der Waals surface area contributed by atoms with Crippen LogP contribution in [0, 0.1) is 0 Å². The highest BCUT2D eigenvalue weighted by molar-refractivity contribution is 6.22. The third-order valence-corrected chi connectivity index (χ3v) is 9.23. The number of ether oxygens (including phenoxy) is 2. The number of carbonyl (C=O) groups is 4. The number of nitrogens with zero attached hydrogens (tertiary/aromatic N) is 2. The van der Waals surface area contributed by atoms with Gasteiger partial charge in [-0.15, -0.1) is 0 Å². The van der Waals surface area contributed by atoms with Crippen LogP contribution >= 0.6 is 0 Å². The first-order chi connectivity index (χ1) is 23.4. The van der Waals surface area contributed by atoms with Crippen molar-refractivity contribution in [2.24, 2.45) is 0 Å². The summed E-state index contributed by atoms with van der Waals surface area (Å²) < 4.78 is 12.3. The van der Waals surface area contributed by atoms with Gasteiger partial charge in [-0.25, -0.2) is 0 Å². The largest absolute Gasteiger partial charge is 0.496 e. The molecule has 0 saturated heterocycles. The van der Waals surface area contributed by atoms with Gasteiger partial charge in [0.1, 0.15) is 11.5 Å². The Hall–Kier alpha value is -6.28. The van der Waals surface area contributed by atoms with Crippen molar-refractivity contribution in [2.75, 3.05) is 14.2 Å². The summed E-state index contributed by atoms with van der Waals surface area (Å²) in [6.07, 6.45) is 0. The highest BCUT2D eigenvalue weighted by Crippen LogP contribution is 2.49. The minimum absolute atomic E-state index is 0.0116. The van der Waals surface area contributed by atoms with Crippen LogP contribution in [0.15, 0.2) is 109 Å². The molecule has 0 unspecified atom stereocenters. The fourth-order valence-corrected chi connectivity index (χ4v) is 7.08. The van der Waals surface area contributed by atoms with E-state index >= 15 is 0 Å². The van der Waals surface area contributed by atoms with Gasteiger partial charge in [-0.05, 0) is 57.9 Å². The van der Waals surface area contributed by atoms with Crippen LogP contribution in [0.4, 0.5) is 0 Å². The number of hydrogen-bond acceptors (Lipinski definition) is 6. The maximum atomic E-state index is 13.4. The number of carbonyl (C=O) groups excluding carboxylic acids is 4. The first kappa shape index (κ1) is 29.1. The molecule has 234 valence electrons. The number of rotatable bonds is 7. The van der Waals surface area contributed by atoms with Crippen LogP contribution < -0.4 is 9.47 Å². The minimum atomic E-state index is -0.363. The van der Waals surface area contributed by atoms with Crippen LogP contribution in [0.2, 0.25) is 0 Å². The zero-order valence-corrected chi connectivity index (χ0v) is 26.2. The van der Waals surface area contributed by atoms with E-state index in [4.69, 9.17) is 9.47 Å². The van der Waals surface area contributed by atoms with Crippen molar-refractivity contribution < 1.29 is 28.7 Å². The molecule has 0 N–H and O–H groups in total. The molecule has 2 aliphatic rings. The van der Waals surface area contributed by atoms with Gasteiger partial charge in [0.2, 0.25) is 0 Å². The van der Waals surface area contributed by atoms with Crippen LogP contribution in [-0.4, -0.2) is 47.6 Å². The molecular formula is C40H28N2O6. The van der Waals surface area contributed by atoms with Gasteiger partial charge in [-0.3, -0.25) is 29.0 Å². The highest BCUT2D eigenvalue weighted by atomic mass is 16.5. The van der Waals surface area contributed by atoms with Gasteiger partial charge in [-0.2, -0.15) is 0 Å². The molecule has 0 atom stereocenters. The molecule has 0 aromatic heterocycles. The molecule has 6 aromatic rings. The molecule has 8 rings (SSSR count). The van der Waals surface area contributed by atoms with Gasteiger partial charge in [0.05, 0.1) is 49.6 Å². The average Bonchev–Trinajstić information content (AvgIpc) is 3.50. The van der Waals surface area contributed by atoms with Crippen molar-refractivity contribution >= 4 is 45.2 Å². The highest BCUT2D eigenvalue weighted by Gasteiger charge is 2.38. The number of hydrogen-bond donors (Lipinski definition) is 0. The summed E-state index contributed by atoms with van der Waals surface area (Å²) in [4.78, 5) is 56.2. The molecule has 4 amide bonds. The molecule has 0 spiro atoms. The zero-order chi connectivity index (χ0) is 33.1. The van der Waals surface area contributed by atoms with Crippen LogP contribution in [0.1, 0.15) is 52.6 Å². The molecule has 2 aliphatic heterocycles. The maximum Gasteiger partial charge on any atom is 0.261 e. The summed E-state index contributed by atoms with van der Waals surface area (Å²) >= 11 is 0. The number of amides is 4. The Balaban J connectivity index is 1.34. The molecule has 0 fully saturated rings. The molecule has 8 nitrogen and oxygen atoms in total. The lowest BCUT2D eigenvalue weighted by molar-refractivity contribution is 0.0626. The maximum absolute atomic E-state index is 13.4. The molecule has 0 saturated carbocycles. The Bertz CT molecular complexity index is 2140. The van der Waals surface area contributed by atoms with Crippen molar-refractivity contribution in [3.05, 3.63) is 143 Å². The normalized spacial score (nSPS) is 13.9. The Labute approximate surface area is 275 Å². The summed E-state index contributed by atoms with van der Waals surface area (Å²) in [5.41, 5.74) is 4.17.